The second-order valence-electron chi connectivity index (χ2n) is 10.5. The first kappa shape index (κ1) is 25.0. The lowest BCUT2D eigenvalue weighted by atomic mass is 9.83. The van der Waals surface area contributed by atoms with Gasteiger partial charge in [-0.3, -0.25) is 0 Å². The molecule has 1 rings (SSSR count). The fourth-order valence-electron chi connectivity index (χ4n) is 3.22. The summed E-state index contributed by atoms with van der Waals surface area (Å²) in [5.41, 5.74) is -0.607. The molecule has 0 aliphatic heterocycles. The Morgan fingerprint density at radius 3 is 2.00 bits per heavy atom. The molecular weight excluding hydrogens is 374 g/mol. The topological polar surface area (TPSA) is 73.9 Å². The molecule has 1 saturated carbocycles. The van der Waals surface area contributed by atoms with Gasteiger partial charge in [-0.25, -0.2) is 9.59 Å². The van der Waals surface area contributed by atoms with Gasteiger partial charge in [-0.05, 0) is 76.9 Å². The molecule has 1 unspecified atom stereocenters. The number of nitrogens with one attached hydrogen (secondary N) is 1. The molecule has 7 heteroatoms. The Balaban J connectivity index is 2.59. The number of ether oxygens (including phenoxy) is 2. The second kappa shape index (κ2) is 9.61. The minimum absolute atomic E-state index is 0.206. The van der Waals surface area contributed by atoms with Gasteiger partial charge in [0.15, 0.2) is 8.32 Å². The molecule has 1 atom stereocenters. The van der Waals surface area contributed by atoms with Gasteiger partial charge in [0.05, 0.1) is 7.11 Å². The van der Waals surface area contributed by atoms with E-state index in [1.165, 1.54) is 7.11 Å². The molecule has 0 aromatic heterocycles. The van der Waals surface area contributed by atoms with Gasteiger partial charge in [-0.2, -0.15) is 0 Å². The Morgan fingerprint density at radius 2 is 1.57 bits per heavy atom. The molecular formula is C21H41NO5Si. The maximum absolute atomic E-state index is 12.1. The first-order chi connectivity index (χ1) is 12.6. The van der Waals surface area contributed by atoms with Crippen LogP contribution in [0, 0.1) is 5.92 Å². The van der Waals surface area contributed by atoms with E-state index in [9.17, 15) is 9.59 Å². The highest BCUT2D eigenvalue weighted by atomic mass is 28.4. The van der Waals surface area contributed by atoms with Gasteiger partial charge in [0, 0.05) is 6.10 Å². The Hall–Kier alpha value is -1.08. The second-order valence-corrected chi connectivity index (χ2v) is 15.2. The van der Waals surface area contributed by atoms with Crippen LogP contribution in [0.3, 0.4) is 0 Å². The first-order valence-electron chi connectivity index (χ1n) is 10.4. The zero-order valence-electron chi connectivity index (χ0n) is 19.3. The molecule has 0 aromatic rings. The fourth-order valence-corrected chi connectivity index (χ4v) is 4.64. The van der Waals surface area contributed by atoms with E-state index in [0.29, 0.717) is 18.4 Å². The van der Waals surface area contributed by atoms with E-state index in [2.05, 4.69) is 39.2 Å². The molecule has 0 radical (unpaired) electrons. The molecule has 28 heavy (non-hydrogen) atoms. The van der Waals surface area contributed by atoms with E-state index in [1.54, 1.807) is 20.8 Å². The van der Waals surface area contributed by atoms with Gasteiger partial charge < -0.3 is 19.2 Å². The summed E-state index contributed by atoms with van der Waals surface area (Å²) in [5, 5.41) is 2.89. The first-order valence-corrected chi connectivity index (χ1v) is 13.3. The van der Waals surface area contributed by atoms with Gasteiger partial charge in [0.25, 0.3) is 0 Å². The van der Waals surface area contributed by atoms with Crippen LogP contribution in [0.15, 0.2) is 0 Å². The lowest BCUT2D eigenvalue weighted by molar-refractivity contribution is -0.143. The molecule has 0 spiro atoms. The summed E-state index contributed by atoms with van der Waals surface area (Å²) in [6.07, 6.45) is 4.25. The minimum atomic E-state index is -1.76. The smallest absolute Gasteiger partial charge is 0.408 e. The number of carbonyl (C=O) groups excluding carboxylic acids is 2. The molecule has 1 amide bonds. The Morgan fingerprint density at radius 1 is 1.04 bits per heavy atom. The Kier molecular flexibility index (Phi) is 8.57. The number of hydrogen-bond donors (Lipinski definition) is 1. The van der Waals surface area contributed by atoms with Crippen LogP contribution in [0.4, 0.5) is 4.79 Å². The third-order valence-corrected chi connectivity index (χ3v) is 10.3. The normalized spacial score (nSPS) is 22.3. The molecule has 1 N–H and O–H groups in total. The molecule has 1 aliphatic rings. The van der Waals surface area contributed by atoms with Crippen LogP contribution in [0.25, 0.3) is 0 Å². The van der Waals surface area contributed by atoms with Crippen molar-refractivity contribution in [2.24, 2.45) is 5.92 Å². The molecule has 1 aliphatic carbocycles. The van der Waals surface area contributed by atoms with Crippen LogP contribution >= 0.6 is 0 Å². The molecule has 6 nitrogen and oxygen atoms in total. The third kappa shape index (κ3) is 8.11. The molecule has 164 valence electrons. The number of carbonyl (C=O) groups is 2. The van der Waals surface area contributed by atoms with E-state index >= 15 is 0 Å². The van der Waals surface area contributed by atoms with Crippen molar-refractivity contribution >= 4 is 20.4 Å². The summed E-state index contributed by atoms with van der Waals surface area (Å²) in [7, 11) is -0.419. The lowest BCUT2D eigenvalue weighted by Gasteiger charge is -2.41. The zero-order chi connectivity index (χ0) is 21.8. The quantitative estimate of drug-likeness (QED) is 0.487. The van der Waals surface area contributed by atoms with Crippen molar-refractivity contribution < 1.29 is 23.5 Å². The highest BCUT2D eigenvalue weighted by molar-refractivity contribution is 6.74. The van der Waals surface area contributed by atoms with E-state index < -0.39 is 32.0 Å². The van der Waals surface area contributed by atoms with Crippen molar-refractivity contribution in [3.05, 3.63) is 0 Å². The lowest BCUT2D eigenvalue weighted by Crippen LogP contribution is -2.46. The van der Waals surface area contributed by atoms with Crippen molar-refractivity contribution in [3.8, 4) is 0 Å². The highest BCUT2D eigenvalue weighted by Crippen LogP contribution is 2.40. The average molecular weight is 416 g/mol. The number of esters is 1. The van der Waals surface area contributed by atoms with Crippen molar-refractivity contribution in [3.63, 3.8) is 0 Å². The van der Waals surface area contributed by atoms with Crippen LogP contribution in [0.1, 0.15) is 73.6 Å². The Labute approximate surface area is 172 Å². The minimum Gasteiger partial charge on any atom is -0.467 e. The molecule has 0 bridgehead atoms. The van der Waals surface area contributed by atoms with Crippen molar-refractivity contribution in [1.29, 1.82) is 0 Å². The number of hydrogen-bond acceptors (Lipinski definition) is 5. The number of alkyl carbamates (subject to hydrolysis) is 1. The number of rotatable bonds is 6. The van der Waals surface area contributed by atoms with Crippen LogP contribution in [-0.4, -0.2) is 45.2 Å². The van der Waals surface area contributed by atoms with E-state index in [4.69, 9.17) is 13.9 Å². The predicted molar refractivity (Wildman–Crippen MR) is 114 cm³/mol. The maximum Gasteiger partial charge on any atom is 0.408 e. The standard InChI is InChI=1S/C21H41NO5Si/c1-20(2,3)26-19(24)22-17(18(23)25-7)14-15-10-12-16(13-11-15)27-28(8,9)21(4,5)6/h15-17H,10-14H2,1-9H3,(H,22,24). The summed E-state index contributed by atoms with van der Waals surface area (Å²) in [4.78, 5) is 24.2. The van der Waals surface area contributed by atoms with Crippen LogP contribution in [-0.2, 0) is 18.7 Å². The predicted octanol–water partition coefficient (Wildman–Crippen LogP) is 5.02. The molecule has 1 fully saturated rings. The van der Waals surface area contributed by atoms with Gasteiger partial charge in [0.1, 0.15) is 11.6 Å². The monoisotopic (exact) mass is 415 g/mol. The summed E-state index contributed by atoms with van der Waals surface area (Å²) in [6, 6.07) is -0.678. The van der Waals surface area contributed by atoms with Gasteiger partial charge in [0.2, 0.25) is 0 Å². The summed E-state index contributed by atoms with van der Waals surface area (Å²) in [6.45, 7) is 16.7. The van der Waals surface area contributed by atoms with Crippen molar-refractivity contribution in [2.45, 2.75) is 110 Å². The van der Waals surface area contributed by atoms with E-state index in [-0.39, 0.29) is 5.04 Å². The maximum atomic E-state index is 12.1. The van der Waals surface area contributed by atoms with Crippen LogP contribution in [0.2, 0.25) is 18.1 Å². The largest absolute Gasteiger partial charge is 0.467 e. The molecule has 0 aromatic carbocycles. The average Bonchev–Trinajstić information content (AvgIpc) is 2.52. The fraction of sp³-hybridized carbons (Fsp3) is 0.905. The number of methoxy groups -OCH3 is 1. The molecule has 0 saturated heterocycles. The molecule has 0 heterocycles. The summed E-state index contributed by atoms with van der Waals surface area (Å²) >= 11 is 0. The van der Waals surface area contributed by atoms with Gasteiger partial charge in [-0.15, -0.1) is 0 Å². The SMILES string of the molecule is COC(=O)C(CC1CCC(O[Si](C)(C)C(C)(C)C)CC1)NC(=O)OC(C)(C)C. The zero-order valence-corrected chi connectivity index (χ0v) is 20.3. The van der Waals surface area contributed by atoms with Gasteiger partial charge >= 0.3 is 12.1 Å². The summed E-state index contributed by atoms with van der Waals surface area (Å²) < 4.78 is 16.7. The summed E-state index contributed by atoms with van der Waals surface area (Å²) in [5.74, 6) is -0.0659. The Bertz CT molecular complexity index is 528. The van der Waals surface area contributed by atoms with E-state index in [1.807, 2.05) is 0 Å². The third-order valence-electron chi connectivity index (χ3n) is 5.81. The van der Waals surface area contributed by atoms with Crippen molar-refractivity contribution in [1.82, 2.24) is 5.32 Å². The van der Waals surface area contributed by atoms with Gasteiger partial charge in [-0.1, -0.05) is 20.8 Å². The number of amides is 1. The van der Waals surface area contributed by atoms with Crippen LogP contribution < -0.4 is 5.32 Å². The van der Waals surface area contributed by atoms with Crippen molar-refractivity contribution in [2.75, 3.05) is 7.11 Å². The highest BCUT2D eigenvalue weighted by Gasteiger charge is 2.40. The van der Waals surface area contributed by atoms with E-state index in [0.717, 1.165) is 25.7 Å². The van der Waals surface area contributed by atoms with Crippen LogP contribution in [0.5, 0.6) is 0 Å².